The fraction of sp³-hybridized carbons (Fsp3) is 0. The zero-order valence-corrected chi connectivity index (χ0v) is 11.1. The molecule has 0 aliphatic heterocycles. The Hall–Kier alpha value is -2.96. The molecule has 0 saturated heterocycles. The van der Waals surface area contributed by atoms with Gasteiger partial charge in [-0.15, -0.1) is 0 Å². The van der Waals surface area contributed by atoms with Gasteiger partial charge in [-0.1, -0.05) is 48.5 Å². The van der Waals surface area contributed by atoms with Crippen LogP contribution in [0, 0.1) is 0 Å². The molecule has 0 aromatic heterocycles. The first-order valence-electron chi connectivity index (χ1n) is 6.87. The maximum absolute atomic E-state index is 10.8. The van der Waals surface area contributed by atoms with Crippen molar-refractivity contribution in [2.75, 3.05) is 0 Å². The van der Waals surface area contributed by atoms with Crippen molar-refractivity contribution in [1.29, 1.82) is 0 Å². The van der Waals surface area contributed by atoms with Gasteiger partial charge in [-0.2, -0.15) is 4.99 Å². The lowest BCUT2D eigenvalue weighted by atomic mass is 9.89. The smallest absolute Gasteiger partial charge is 0.211 e. The molecular weight excluding hydrogens is 258 g/mol. The van der Waals surface area contributed by atoms with E-state index in [1.807, 2.05) is 6.07 Å². The summed E-state index contributed by atoms with van der Waals surface area (Å²) in [4.78, 5) is 14.8. The van der Waals surface area contributed by atoms with E-state index in [1.54, 1.807) is 6.08 Å². The van der Waals surface area contributed by atoms with Crippen molar-refractivity contribution < 1.29 is 4.79 Å². The first-order valence-corrected chi connectivity index (χ1v) is 6.87. The van der Waals surface area contributed by atoms with Crippen LogP contribution in [0.15, 0.2) is 59.6 Å². The molecule has 0 fully saturated rings. The topological polar surface area (TPSA) is 29.4 Å². The lowest BCUT2D eigenvalue weighted by Crippen LogP contribution is -1.87. The zero-order valence-electron chi connectivity index (χ0n) is 11.1. The average molecular weight is 267 g/mol. The highest BCUT2D eigenvalue weighted by Crippen LogP contribution is 2.43. The van der Waals surface area contributed by atoms with Gasteiger partial charge in [0.1, 0.15) is 0 Å². The fourth-order valence-corrected chi connectivity index (χ4v) is 3.53. The number of carbonyl (C=O) groups excluding carboxylic acids is 1. The van der Waals surface area contributed by atoms with Gasteiger partial charge in [-0.05, 0) is 38.4 Å². The number of nitrogens with zero attached hydrogens (tertiary/aromatic N) is 1. The van der Waals surface area contributed by atoms with Crippen LogP contribution in [-0.2, 0) is 4.79 Å². The van der Waals surface area contributed by atoms with E-state index in [0.29, 0.717) is 5.69 Å². The van der Waals surface area contributed by atoms with Gasteiger partial charge in [0.25, 0.3) is 0 Å². The molecule has 7 rings (SSSR count). The molecule has 0 aliphatic rings. The predicted molar refractivity (Wildman–Crippen MR) is 86.6 cm³/mol. The van der Waals surface area contributed by atoms with E-state index < -0.39 is 0 Å². The second-order valence-electron chi connectivity index (χ2n) is 5.43. The van der Waals surface area contributed by atoms with Gasteiger partial charge >= 0.3 is 0 Å². The maximum atomic E-state index is 10.8. The van der Waals surface area contributed by atoms with Crippen molar-refractivity contribution in [1.82, 2.24) is 0 Å². The molecule has 96 valence electrons. The summed E-state index contributed by atoms with van der Waals surface area (Å²) in [6.07, 6.45) is 1.70. The third kappa shape index (κ3) is 1.23. The van der Waals surface area contributed by atoms with E-state index in [4.69, 9.17) is 0 Å². The van der Waals surface area contributed by atoms with Crippen LogP contribution >= 0.6 is 0 Å². The molecule has 0 amide bonds. The fourth-order valence-electron chi connectivity index (χ4n) is 3.53. The predicted octanol–water partition coefficient (Wildman–Crippen LogP) is 5.14. The molecule has 21 heavy (non-hydrogen) atoms. The van der Waals surface area contributed by atoms with Crippen molar-refractivity contribution in [3.63, 3.8) is 0 Å². The van der Waals surface area contributed by atoms with Gasteiger partial charge in [0.15, 0.2) is 0 Å². The summed E-state index contributed by atoms with van der Waals surface area (Å²) in [7, 11) is 0. The minimum atomic E-state index is 0.711. The average Bonchev–Trinajstić information content (AvgIpc) is 2.57. The molecule has 2 nitrogen and oxygen atoms in total. The van der Waals surface area contributed by atoms with Crippen LogP contribution in [0.1, 0.15) is 0 Å². The molecule has 0 saturated carbocycles. The van der Waals surface area contributed by atoms with Crippen molar-refractivity contribution in [3.8, 4) is 0 Å². The Labute approximate surface area is 120 Å². The van der Waals surface area contributed by atoms with E-state index in [2.05, 4.69) is 53.5 Å². The number of rotatable bonds is 1. The highest BCUT2D eigenvalue weighted by atomic mass is 16.1. The summed E-state index contributed by atoms with van der Waals surface area (Å²) in [5, 5.41) is 9.35. The highest BCUT2D eigenvalue weighted by molar-refractivity contribution is 6.32. The number of aliphatic imine (C=N–C) groups is 1. The summed E-state index contributed by atoms with van der Waals surface area (Å²) >= 11 is 0. The number of hydrogen-bond acceptors (Lipinski definition) is 2. The van der Waals surface area contributed by atoms with Gasteiger partial charge in [-0.25, -0.2) is 4.79 Å². The monoisotopic (exact) mass is 267 g/mol. The van der Waals surface area contributed by atoms with Crippen LogP contribution in [0.2, 0.25) is 0 Å². The van der Waals surface area contributed by atoms with Crippen LogP contribution in [0.5, 0.6) is 0 Å². The van der Waals surface area contributed by atoms with Crippen molar-refractivity contribution in [3.05, 3.63) is 54.6 Å². The quantitative estimate of drug-likeness (QED) is 0.235. The van der Waals surface area contributed by atoms with Crippen LogP contribution in [0.3, 0.4) is 0 Å². The normalized spacial score (nSPS) is 11.8. The van der Waals surface area contributed by atoms with Crippen LogP contribution in [0.25, 0.3) is 43.1 Å². The number of isocyanates is 1. The van der Waals surface area contributed by atoms with Gasteiger partial charge in [0.05, 0.1) is 5.69 Å². The number of benzene rings is 7. The molecule has 0 radical (unpaired) electrons. The Morgan fingerprint density at radius 1 is 0.667 bits per heavy atom. The van der Waals surface area contributed by atoms with Crippen molar-refractivity contribution >= 4 is 54.9 Å². The Kier molecular flexibility index (Phi) is 1.83. The first-order chi connectivity index (χ1) is 10.4. The minimum absolute atomic E-state index is 0.711. The molecule has 0 N–H and O–H groups in total. The Bertz CT molecular complexity index is 1140. The van der Waals surface area contributed by atoms with Gasteiger partial charge in [0.2, 0.25) is 6.08 Å². The molecular formula is C19H9NO. The van der Waals surface area contributed by atoms with Gasteiger partial charge in [0, 0.05) is 10.8 Å². The Morgan fingerprint density at radius 2 is 1.19 bits per heavy atom. The molecule has 7 aromatic carbocycles. The molecule has 2 heteroatoms. The maximum Gasteiger partial charge on any atom is 0.240 e. The van der Waals surface area contributed by atoms with Crippen LogP contribution in [-0.4, -0.2) is 6.08 Å². The van der Waals surface area contributed by atoms with E-state index >= 15 is 0 Å². The number of fused-ring (bicyclic) bond motifs is 4. The third-order valence-electron chi connectivity index (χ3n) is 4.42. The standard InChI is InChI=1S/C19H9NO/c21-10-20-16-9-15-11-1-3-12(4-2-11)17(15)19-14-7-5-13(6-8-14)18(16)19/h1-9H. The molecule has 7 aromatic rings. The summed E-state index contributed by atoms with van der Waals surface area (Å²) < 4.78 is 0. The second-order valence-corrected chi connectivity index (χ2v) is 5.43. The van der Waals surface area contributed by atoms with E-state index in [-0.39, 0.29) is 0 Å². The van der Waals surface area contributed by atoms with Gasteiger partial charge < -0.3 is 0 Å². The summed E-state index contributed by atoms with van der Waals surface area (Å²) in [6, 6.07) is 19.0. The van der Waals surface area contributed by atoms with E-state index in [9.17, 15) is 4.79 Å². The van der Waals surface area contributed by atoms with E-state index in [1.165, 1.54) is 26.9 Å². The largest absolute Gasteiger partial charge is 0.240 e. The Balaban J connectivity index is 2.24. The summed E-state index contributed by atoms with van der Waals surface area (Å²) in [6.45, 7) is 0. The second kappa shape index (κ2) is 3.57. The molecule has 0 heterocycles. The SMILES string of the molecule is O=C=Nc1cc2c3ccc(cc3)c2c2c3ccc(cc3)c12. The Morgan fingerprint density at radius 3 is 1.81 bits per heavy atom. The molecule has 4 bridgehead atoms. The van der Waals surface area contributed by atoms with Gasteiger partial charge in [-0.3, -0.25) is 0 Å². The lowest BCUT2D eigenvalue weighted by molar-refractivity contribution is 0.565. The zero-order chi connectivity index (χ0) is 14.0. The molecule has 0 unspecified atom stereocenters. The first kappa shape index (κ1) is 10.8. The van der Waals surface area contributed by atoms with E-state index in [0.717, 1.165) is 16.2 Å². The molecule has 0 atom stereocenters. The minimum Gasteiger partial charge on any atom is -0.211 e. The number of hydrogen-bond donors (Lipinski definition) is 0. The molecule has 0 aliphatic carbocycles. The molecule has 0 spiro atoms. The van der Waals surface area contributed by atoms with Crippen LogP contribution in [0.4, 0.5) is 5.69 Å². The third-order valence-corrected chi connectivity index (χ3v) is 4.42. The van der Waals surface area contributed by atoms with Crippen LogP contribution < -0.4 is 0 Å². The van der Waals surface area contributed by atoms with Crippen molar-refractivity contribution in [2.45, 2.75) is 0 Å². The van der Waals surface area contributed by atoms with Crippen molar-refractivity contribution in [2.24, 2.45) is 4.99 Å². The lowest BCUT2D eigenvalue weighted by Gasteiger charge is -2.15. The highest BCUT2D eigenvalue weighted by Gasteiger charge is 2.15. The summed E-state index contributed by atoms with van der Waals surface area (Å²) in [5.41, 5.74) is 0.711. The summed E-state index contributed by atoms with van der Waals surface area (Å²) in [5.74, 6) is 0.